The summed E-state index contributed by atoms with van der Waals surface area (Å²) in [5, 5.41) is 2.26. The summed E-state index contributed by atoms with van der Waals surface area (Å²) in [6.07, 6.45) is 8.03. The van der Waals surface area contributed by atoms with Crippen LogP contribution in [0.2, 0.25) is 0 Å². The van der Waals surface area contributed by atoms with E-state index in [0.717, 1.165) is 61.6 Å². The number of pyridine rings is 1. The molecule has 63 heavy (non-hydrogen) atoms. The van der Waals surface area contributed by atoms with Gasteiger partial charge in [-0.3, -0.25) is 4.57 Å². The van der Waals surface area contributed by atoms with Crippen molar-refractivity contribution >= 4 is 56.9 Å². The molecule has 0 amide bonds. The summed E-state index contributed by atoms with van der Waals surface area (Å²) in [5.74, 6) is 7.39. The van der Waals surface area contributed by atoms with Gasteiger partial charge in [-0.1, -0.05) is 141 Å². The average molecular weight is 824 g/mol. The van der Waals surface area contributed by atoms with Crippen LogP contribution in [0, 0.1) is 13.7 Å². The molecule has 2 aromatic heterocycles. The molecule has 5 heterocycles. The Morgan fingerprint density at radius 1 is 0.635 bits per heavy atom. The standard InChI is InChI=1S/C56H48BN5O/c1-38-30-39(2)32-42(31-38)41-24-27-57-28-25-47(40-14-7-6-8-15-40)55(61(57)36-41)60-37-59(51-20-11-12-21-52(51)60)44-16-13-17-45(34-44)63-46-22-23-49-48-18-9-10-19-50(48)62(53(49)35-46)54-33-43(26-29-58-54)56(3,4)5/h6-36H,37H2,1-5H3/i1D3,2D3. The van der Waals surface area contributed by atoms with Crippen molar-refractivity contribution in [2.75, 3.05) is 16.5 Å². The fourth-order valence-electron chi connectivity index (χ4n) is 9.17. The molecular weight excluding hydrogens is 769 g/mol. The van der Waals surface area contributed by atoms with E-state index < -0.39 is 13.7 Å². The smallest absolute Gasteiger partial charge is 0.314 e. The number of hydrogen-bond acceptors (Lipinski definition) is 5. The summed E-state index contributed by atoms with van der Waals surface area (Å²) in [6.45, 7) is 1.95. The van der Waals surface area contributed by atoms with E-state index in [4.69, 9.17) is 17.9 Å². The van der Waals surface area contributed by atoms with Gasteiger partial charge in [0.1, 0.15) is 29.8 Å². The molecule has 0 spiro atoms. The van der Waals surface area contributed by atoms with Crippen molar-refractivity contribution in [3.63, 3.8) is 0 Å². The first-order valence-corrected chi connectivity index (χ1v) is 21.3. The average Bonchev–Trinajstić information content (AvgIpc) is 3.89. The van der Waals surface area contributed by atoms with Gasteiger partial charge in [0.15, 0.2) is 0 Å². The van der Waals surface area contributed by atoms with Gasteiger partial charge in [0.05, 0.1) is 22.4 Å². The van der Waals surface area contributed by atoms with E-state index >= 15 is 0 Å². The minimum atomic E-state index is -2.49. The second-order valence-electron chi connectivity index (χ2n) is 17.4. The van der Waals surface area contributed by atoms with Crippen LogP contribution in [0.1, 0.15) is 56.8 Å². The molecule has 3 aliphatic heterocycles. The molecule has 0 bridgehead atoms. The van der Waals surface area contributed by atoms with Gasteiger partial charge in [-0.25, -0.2) is 4.98 Å². The molecule has 3 aliphatic rings. The maximum Gasteiger partial charge on any atom is 0.314 e. The van der Waals surface area contributed by atoms with E-state index in [2.05, 4.69) is 143 Å². The number of fused-ring (bicyclic) bond motifs is 5. The molecule has 6 nitrogen and oxygen atoms in total. The predicted octanol–water partition coefficient (Wildman–Crippen LogP) is 13.7. The highest BCUT2D eigenvalue weighted by Crippen LogP contribution is 2.47. The second kappa shape index (κ2) is 15.1. The second-order valence-corrected chi connectivity index (χ2v) is 17.4. The van der Waals surface area contributed by atoms with Gasteiger partial charge >= 0.3 is 6.85 Å². The van der Waals surface area contributed by atoms with Gasteiger partial charge in [-0.05, 0) is 96.0 Å². The van der Waals surface area contributed by atoms with Crippen LogP contribution >= 0.6 is 0 Å². The lowest BCUT2D eigenvalue weighted by molar-refractivity contribution is 0.483. The number of anilines is 3. The first-order chi connectivity index (χ1) is 33.1. The zero-order valence-electron chi connectivity index (χ0n) is 41.3. The third-order valence-corrected chi connectivity index (χ3v) is 12.2. The number of nitrogens with zero attached hydrogens (tertiary/aromatic N) is 5. The first-order valence-electron chi connectivity index (χ1n) is 24.3. The summed E-state index contributed by atoms with van der Waals surface area (Å²) in [7, 11) is 0. The molecule has 0 aliphatic carbocycles. The molecule has 6 aromatic carbocycles. The highest BCUT2D eigenvalue weighted by Gasteiger charge is 2.37. The Labute approximate surface area is 378 Å². The molecule has 0 unspecified atom stereocenters. The molecule has 0 radical (unpaired) electrons. The lowest BCUT2D eigenvalue weighted by Gasteiger charge is -2.40. The number of ether oxygens (including phenoxy) is 1. The van der Waals surface area contributed by atoms with Crippen molar-refractivity contribution in [3.05, 3.63) is 222 Å². The van der Waals surface area contributed by atoms with Crippen LogP contribution in [0.4, 0.5) is 17.1 Å². The highest BCUT2D eigenvalue weighted by molar-refractivity contribution is 6.68. The van der Waals surface area contributed by atoms with E-state index in [1.807, 2.05) is 67.0 Å². The number of allylic oxidation sites excluding steroid dienone is 4. The first kappa shape index (κ1) is 32.2. The van der Waals surface area contributed by atoms with Gasteiger partial charge in [0.25, 0.3) is 0 Å². The minimum Gasteiger partial charge on any atom is -0.457 e. The maximum absolute atomic E-state index is 8.20. The fraction of sp³-hybridized carbons (Fsp3) is 0.125. The Morgan fingerprint density at radius 2 is 1.37 bits per heavy atom. The molecule has 7 heteroatoms. The molecule has 306 valence electrons. The largest absolute Gasteiger partial charge is 0.457 e. The predicted molar refractivity (Wildman–Crippen MR) is 263 cm³/mol. The molecule has 11 rings (SSSR count). The topological polar surface area (TPSA) is 36.8 Å². The summed E-state index contributed by atoms with van der Waals surface area (Å²) in [6, 6.07) is 50.2. The number of para-hydroxylation sites is 3. The van der Waals surface area contributed by atoms with Crippen LogP contribution < -0.4 is 14.5 Å². The maximum atomic E-state index is 8.20. The van der Waals surface area contributed by atoms with Gasteiger partial charge in [0.2, 0.25) is 0 Å². The number of aryl methyl sites for hydroxylation is 2. The van der Waals surface area contributed by atoms with Crippen molar-refractivity contribution in [2.45, 2.75) is 39.9 Å². The molecule has 8 aromatic rings. The lowest BCUT2D eigenvalue weighted by atomic mass is 9.56. The van der Waals surface area contributed by atoms with Gasteiger partial charge in [0, 0.05) is 54.8 Å². The Hall–Kier alpha value is -7.51. The normalized spacial score (nSPS) is 16.6. The number of rotatable bonds is 7. The summed E-state index contributed by atoms with van der Waals surface area (Å²) in [4.78, 5) is 11.7. The van der Waals surface area contributed by atoms with Gasteiger partial charge < -0.3 is 19.3 Å². The van der Waals surface area contributed by atoms with Crippen molar-refractivity contribution in [2.24, 2.45) is 0 Å². The van der Waals surface area contributed by atoms with Crippen LogP contribution in [0.5, 0.6) is 11.5 Å². The quantitative estimate of drug-likeness (QED) is 0.150. The van der Waals surface area contributed by atoms with Crippen LogP contribution in [-0.4, -0.2) is 27.9 Å². The summed E-state index contributed by atoms with van der Waals surface area (Å²) >= 11 is 0. The Morgan fingerprint density at radius 3 is 2.17 bits per heavy atom. The zero-order valence-corrected chi connectivity index (χ0v) is 35.3. The van der Waals surface area contributed by atoms with E-state index in [-0.39, 0.29) is 23.4 Å². The Balaban J connectivity index is 0.970. The lowest BCUT2D eigenvalue weighted by Crippen LogP contribution is -2.44. The van der Waals surface area contributed by atoms with Crippen LogP contribution in [0.25, 0.3) is 38.8 Å². The highest BCUT2D eigenvalue weighted by atomic mass is 16.5. The third kappa shape index (κ3) is 6.90. The Bertz CT molecular complexity index is 3420. The number of benzene rings is 6. The van der Waals surface area contributed by atoms with Crippen molar-refractivity contribution < 1.29 is 13.0 Å². The van der Waals surface area contributed by atoms with Gasteiger partial charge in [-0.15, -0.1) is 0 Å². The molecular formula is C56H48BN5O. The van der Waals surface area contributed by atoms with Gasteiger partial charge in [-0.2, -0.15) is 0 Å². The molecule has 0 atom stereocenters. The monoisotopic (exact) mass is 823 g/mol. The minimum absolute atomic E-state index is 0.0138. The third-order valence-electron chi connectivity index (χ3n) is 12.2. The fourth-order valence-corrected chi connectivity index (χ4v) is 9.17. The zero-order chi connectivity index (χ0) is 47.8. The molecule has 0 fully saturated rings. The summed E-state index contributed by atoms with van der Waals surface area (Å²) < 4.78 is 58.2. The SMILES string of the molecule is [2H]C([2H])([2H])c1cc(C2=CN3B(C=C2)C=CC(c2ccccc2)=C3N2CN(c3cccc(Oc4ccc5c6ccccc6n(-c6cc(C(C)(C)C)ccn6)c5c4)c3)c3ccccc32)cc(C([2H])([2H])[2H])c1. The van der Waals surface area contributed by atoms with E-state index in [1.165, 1.54) is 11.6 Å². The Kier molecular flexibility index (Phi) is 7.75. The van der Waals surface area contributed by atoms with Crippen molar-refractivity contribution in [1.82, 2.24) is 14.4 Å². The molecule has 0 saturated carbocycles. The molecule has 0 N–H and O–H groups in total. The van der Waals surface area contributed by atoms with E-state index in [0.29, 0.717) is 29.3 Å². The van der Waals surface area contributed by atoms with Crippen LogP contribution in [-0.2, 0) is 5.41 Å². The van der Waals surface area contributed by atoms with Crippen LogP contribution in [0.15, 0.2) is 194 Å². The van der Waals surface area contributed by atoms with E-state index in [9.17, 15) is 0 Å². The van der Waals surface area contributed by atoms with Crippen molar-refractivity contribution in [1.29, 1.82) is 0 Å². The van der Waals surface area contributed by atoms with Crippen molar-refractivity contribution in [3.8, 4) is 17.3 Å². The number of aromatic nitrogens is 2. The van der Waals surface area contributed by atoms with Crippen LogP contribution in [0.3, 0.4) is 0 Å². The van der Waals surface area contributed by atoms with E-state index in [1.54, 1.807) is 12.1 Å². The summed E-state index contributed by atoms with van der Waals surface area (Å²) in [5.41, 5.74) is 9.42. The molecule has 0 saturated heterocycles. The number of hydrogen-bond donors (Lipinski definition) is 0.